The Balaban J connectivity index is 1.93. The van der Waals surface area contributed by atoms with Crippen molar-refractivity contribution in [3.63, 3.8) is 0 Å². The van der Waals surface area contributed by atoms with Crippen molar-refractivity contribution in [2.75, 3.05) is 7.05 Å². The Morgan fingerprint density at radius 1 is 1.00 bits per heavy atom. The van der Waals surface area contributed by atoms with Gasteiger partial charge in [0, 0.05) is 7.05 Å². The lowest BCUT2D eigenvalue weighted by atomic mass is 9.81. The molecular formula is C20H17N3OS. The number of hydrogen-bond acceptors (Lipinski definition) is 3. The Morgan fingerprint density at radius 3 is 2.40 bits per heavy atom. The van der Waals surface area contributed by atoms with Gasteiger partial charge in [-0.1, -0.05) is 48.5 Å². The number of guanidine groups is 1. The van der Waals surface area contributed by atoms with E-state index in [1.807, 2.05) is 60.0 Å². The van der Waals surface area contributed by atoms with Crippen molar-refractivity contribution in [3.8, 4) is 11.1 Å². The highest BCUT2D eigenvalue weighted by Crippen LogP contribution is 2.37. The van der Waals surface area contributed by atoms with Crippen LogP contribution in [-0.4, -0.2) is 23.8 Å². The van der Waals surface area contributed by atoms with Gasteiger partial charge in [-0.05, 0) is 45.1 Å². The number of benzene rings is 2. The Kier molecular flexibility index (Phi) is 3.66. The van der Waals surface area contributed by atoms with Crippen LogP contribution < -0.4 is 5.32 Å². The monoisotopic (exact) mass is 347 g/mol. The average Bonchev–Trinajstić information content (AvgIpc) is 3.27. The Bertz CT molecular complexity index is 937. The summed E-state index contributed by atoms with van der Waals surface area (Å²) in [6.07, 6.45) is 0. The quantitative estimate of drug-likeness (QED) is 0.760. The van der Waals surface area contributed by atoms with E-state index in [1.54, 1.807) is 18.4 Å². The van der Waals surface area contributed by atoms with Crippen molar-refractivity contribution in [2.45, 2.75) is 5.54 Å². The van der Waals surface area contributed by atoms with Crippen LogP contribution in [0.4, 0.5) is 0 Å². The molecule has 1 aromatic heterocycles. The molecule has 3 aromatic rings. The summed E-state index contributed by atoms with van der Waals surface area (Å²) in [5.41, 5.74) is 2.78. The lowest BCUT2D eigenvalue weighted by Gasteiger charge is -2.28. The van der Waals surface area contributed by atoms with Crippen LogP contribution in [0.25, 0.3) is 11.1 Å². The lowest BCUT2D eigenvalue weighted by Crippen LogP contribution is -2.45. The third-order valence-electron chi connectivity index (χ3n) is 4.62. The molecule has 2 heterocycles. The minimum atomic E-state index is -1.07. The molecule has 4 rings (SSSR count). The summed E-state index contributed by atoms with van der Waals surface area (Å²) in [5, 5.41) is 15.4. The third kappa shape index (κ3) is 2.36. The number of hydrogen-bond donors (Lipinski definition) is 2. The Hall–Kier alpha value is -2.92. The molecule has 0 aliphatic carbocycles. The van der Waals surface area contributed by atoms with Crippen LogP contribution >= 0.6 is 11.3 Å². The minimum Gasteiger partial charge on any atom is -0.334 e. The van der Waals surface area contributed by atoms with Gasteiger partial charge < -0.3 is 5.32 Å². The maximum Gasteiger partial charge on any atom is 0.264 e. The first-order chi connectivity index (χ1) is 12.1. The van der Waals surface area contributed by atoms with E-state index in [2.05, 4.69) is 16.8 Å². The molecule has 25 heavy (non-hydrogen) atoms. The molecule has 1 aliphatic heterocycles. The summed E-state index contributed by atoms with van der Waals surface area (Å²) in [7, 11) is 1.63. The van der Waals surface area contributed by atoms with Crippen LogP contribution in [0.5, 0.6) is 0 Å². The van der Waals surface area contributed by atoms with Crippen molar-refractivity contribution in [3.05, 3.63) is 82.6 Å². The lowest BCUT2D eigenvalue weighted by molar-refractivity contribution is -0.129. The largest absolute Gasteiger partial charge is 0.334 e. The predicted octanol–water partition coefficient (Wildman–Crippen LogP) is 3.66. The topological polar surface area (TPSA) is 56.2 Å². The standard InChI is InChI=1S/C20H17N3OS/c1-23-18(24)20(22-19(23)21,16-7-3-2-4-8-16)17-9-5-6-14(12-17)15-10-11-25-13-15/h2-13H,1H3,(H2,21,22). The number of nitrogens with one attached hydrogen (secondary N) is 2. The molecule has 1 saturated heterocycles. The molecule has 4 nitrogen and oxygen atoms in total. The van der Waals surface area contributed by atoms with Crippen LogP contribution in [0.2, 0.25) is 0 Å². The zero-order valence-corrected chi connectivity index (χ0v) is 14.5. The number of carbonyl (C=O) groups is 1. The van der Waals surface area contributed by atoms with Gasteiger partial charge in [-0.25, -0.2) is 0 Å². The van der Waals surface area contributed by atoms with E-state index in [4.69, 9.17) is 5.41 Å². The summed E-state index contributed by atoms with van der Waals surface area (Å²) in [5.74, 6) is -0.0408. The van der Waals surface area contributed by atoms with Crippen LogP contribution in [0.3, 0.4) is 0 Å². The molecule has 1 aliphatic rings. The first-order valence-electron chi connectivity index (χ1n) is 7.96. The molecule has 1 fully saturated rings. The molecule has 0 spiro atoms. The average molecular weight is 347 g/mol. The highest BCUT2D eigenvalue weighted by atomic mass is 32.1. The van der Waals surface area contributed by atoms with Crippen LogP contribution in [0.15, 0.2) is 71.4 Å². The van der Waals surface area contributed by atoms with Gasteiger partial charge in [0.15, 0.2) is 11.5 Å². The highest BCUT2D eigenvalue weighted by molar-refractivity contribution is 7.08. The van der Waals surface area contributed by atoms with Gasteiger partial charge in [0.2, 0.25) is 0 Å². The van der Waals surface area contributed by atoms with Crippen molar-refractivity contribution in [1.82, 2.24) is 10.2 Å². The molecule has 0 saturated carbocycles. The summed E-state index contributed by atoms with van der Waals surface area (Å²) in [6, 6.07) is 19.6. The zero-order chi connectivity index (χ0) is 17.4. The fourth-order valence-corrected chi connectivity index (χ4v) is 3.94. The Labute approximate surface area is 150 Å². The highest BCUT2D eigenvalue weighted by Gasteiger charge is 2.50. The summed E-state index contributed by atoms with van der Waals surface area (Å²) in [4.78, 5) is 14.5. The van der Waals surface area contributed by atoms with Gasteiger partial charge in [0.05, 0.1) is 0 Å². The van der Waals surface area contributed by atoms with E-state index in [0.29, 0.717) is 0 Å². The fourth-order valence-electron chi connectivity index (χ4n) is 3.27. The summed E-state index contributed by atoms with van der Waals surface area (Å²) < 4.78 is 0. The van der Waals surface area contributed by atoms with Gasteiger partial charge in [-0.15, -0.1) is 0 Å². The van der Waals surface area contributed by atoms with Crippen LogP contribution in [-0.2, 0) is 10.3 Å². The maximum atomic E-state index is 13.2. The molecule has 124 valence electrons. The van der Waals surface area contributed by atoms with E-state index < -0.39 is 5.54 Å². The first-order valence-corrected chi connectivity index (χ1v) is 8.91. The first kappa shape index (κ1) is 15.6. The number of amides is 1. The smallest absolute Gasteiger partial charge is 0.264 e. The van der Waals surface area contributed by atoms with Crippen molar-refractivity contribution < 1.29 is 4.79 Å². The molecule has 1 atom stereocenters. The molecular weight excluding hydrogens is 330 g/mol. The number of thiophene rings is 1. The molecule has 1 unspecified atom stereocenters. The molecule has 2 aromatic carbocycles. The van der Waals surface area contributed by atoms with Gasteiger partial charge in [0.1, 0.15) is 0 Å². The second-order valence-corrected chi connectivity index (χ2v) is 6.83. The predicted molar refractivity (Wildman–Crippen MR) is 101 cm³/mol. The zero-order valence-electron chi connectivity index (χ0n) is 13.7. The number of likely N-dealkylation sites (N-methyl/N-ethyl adjacent to an activating group) is 1. The number of carbonyl (C=O) groups excluding carboxylic acids is 1. The number of rotatable bonds is 3. The molecule has 1 amide bonds. The summed E-state index contributed by atoms with van der Waals surface area (Å²) >= 11 is 1.64. The van der Waals surface area contributed by atoms with E-state index in [0.717, 1.165) is 22.3 Å². The molecule has 2 N–H and O–H groups in total. The van der Waals surface area contributed by atoms with Gasteiger partial charge in [-0.3, -0.25) is 15.1 Å². The Morgan fingerprint density at radius 2 is 1.76 bits per heavy atom. The van der Waals surface area contributed by atoms with Gasteiger partial charge in [-0.2, -0.15) is 11.3 Å². The molecule has 5 heteroatoms. The van der Waals surface area contributed by atoms with E-state index in [-0.39, 0.29) is 11.9 Å². The maximum absolute atomic E-state index is 13.2. The number of nitrogens with zero attached hydrogens (tertiary/aromatic N) is 1. The van der Waals surface area contributed by atoms with Gasteiger partial charge >= 0.3 is 0 Å². The third-order valence-corrected chi connectivity index (χ3v) is 5.31. The van der Waals surface area contributed by atoms with E-state index >= 15 is 0 Å². The summed E-state index contributed by atoms with van der Waals surface area (Å²) in [6.45, 7) is 0. The van der Waals surface area contributed by atoms with E-state index in [9.17, 15) is 4.79 Å². The minimum absolute atomic E-state index is 0.106. The second kappa shape index (κ2) is 5.86. The van der Waals surface area contributed by atoms with Crippen molar-refractivity contribution in [1.29, 1.82) is 5.41 Å². The van der Waals surface area contributed by atoms with Gasteiger partial charge in [0.25, 0.3) is 5.91 Å². The molecule has 0 radical (unpaired) electrons. The van der Waals surface area contributed by atoms with Crippen molar-refractivity contribution >= 4 is 23.2 Å². The van der Waals surface area contributed by atoms with E-state index in [1.165, 1.54) is 4.90 Å². The SMILES string of the molecule is CN1C(=N)NC(c2ccccc2)(c2cccc(-c3ccsc3)c2)C1=O. The van der Waals surface area contributed by atoms with Crippen molar-refractivity contribution in [2.24, 2.45) is 0 Å². The second-order valence-electron chi connectivity index (χ2n) is 6.05. The normalized spacial score (nSPS) is 20.0. The van der Waals surface area contributed by atoms with Crippen LogP contribution in [0, 0.1) is 5.41 Å². The molecule has 0 bridgehead atoms. The van der Waals surface area contributed by atoms with Crippen LogP contribution in [0.1, 0.15) is 11.1 Å². The fraction of sp³-hybridized carbons (Fsp3) is 0.100.